The van der Waals surface area contributed by atoms with Gasteiger partial charge in [-0.3, -0.25) is 0 Å². The third-order valence-electron chi connectivity index (χ3n) is 1.96. The van der Waals surface area contributed by atoms with E-state index in [0.717, 1.165) is 12.4 Å². The van der Waals surface area contributed by atoms with E-state index in [1.807, 2.05) is 0 Å². The van der Waals surface area contributed by atoms with Crippen LogP contribution in [0.25, 0.3) is 0 Å². The maximum Gasteiger partial charge on any atom is 0.316 e. The monoisotopic (exact) mass is 208 g/mol. The summed E-state index contributed by atoms with van der Waals surface area (Å²) in [5.74, 6) is 0.750. The molecule has 1 aromatic carbocycles. The highest BCUT2D eigenvalue weighted by Gasteiger charge is 2.22. The Bertz CT molecular complexity index is 346. The van der Waals surface area contributed by atoms with E-state index in [9.17, 15) is 4.79 Å². The summed E-state index contributed by atoms with van der Waals surface area (Å²) in [5, 5.41) is 2.47. The zero-order chi connectivity index (χ0) is 10.7. The molecule has 1 saturated heterocycles. The molecule has 1 unspecified atom stereocenters. The summed E-state index contributed by atoms with van der Waals surface area (Å²) in [4.78, 5) is 10.5. The first-order valence-corrected chi connectivity index (χ1v) is 4.65. The fourth-order valence-corrected chi connectivity index (χ4v) is 1.13. The van der Waals surface area contributed by atoms with Crippen molar-refractivity contribution in [1.29, 1.82) is 0 Å². The Morgan fingerprint density at radius 3 is 2.73 bits per heavy atom. The van der Waals surface area contributed by atoms with Gasteiger partial charge < -0.3 is 20.5 Å². The highest BCUT2D eigenvalue weighted by molar-refractivity contribution is 5.87. The van der Waals surface area contributed by atoms with Crippen LogP contribution >= 0.6 is 0 Å². The zero-order valence-corrected chi connectivity index (χ0v) is 8.10. The Hall–Kier alpha value is -1.75. The summed E-state index contributed by atoms with van der Waals surface area (Å²) in [6.45, 7) is 1.35. The first-order chi connectivity index (χ1) is 7.24. The van der Waals surface area contributed by atoms with Crippen molar-refractivity contribution in [1.82, 2.24) is 0 Å². The molecule has 3 N–H and O–H groups in total. The van der Waals surface area contributed by atoms with Gasteiger partial charge in [-0.25, -0.2) is 4.79 Å². The van der Waals surface area contributed by atoms with Gasteiger partial charge >= 0.3 is 6.03 Å². The Balaban J connectivity index is 1.87. The maximum absolute atomic E-state index is 10.5. The van der Waals surface area contributed by atoms with Crippen molar-refractivity contribution in [3.05, 3.63) is 24.3 Å². The van der Waals surface area contributed by atoms with E-state index in [-0.39, 0.29) is 6.10 Å². The Labute approximate surface area is 87.2 Å². The molecule has 1 atom stereocenters. The molecular formula is C10H12N2O3. The standard InChI is InChI=1S/C10H12N2O3/c11-10(13)12-7-1-3-8(4-2-7)14-5-9-6-15-9/h1-4,9H,5-6H2,(H3,11,12,13). The van der Waals surface area contributed by atoms with E-state index < -0.39 is 6.03 Å². The highest BCUT2D eigenvalue weighted by atomic mass is 16.6. The molecule has 2 amide bonds. The lowest BCUT2D eigenvalue weighted by Gasteiger charge is -2.05. The van der Waals surface area contributed by atoms with Crippen LogP contribution in [-0.4, -0.2) is 25.3 Å². The van der Waals surface area contributed by atoms with Crippen molar-refractivity contribution in [2.45, 2.75) is 6.10 Å². The number of primary amides is 1. The third-order valence-corrected chi connectivity index (χ3v) is 1.96. The molecule has 1 aliphatic rings. The molecule has 0 aromatic heterocycles. The van der Waals surface area contributed by atoms with Crippen molar-refractivity contribution in [2.24, 2.45) is 5.73 Å². The summed E-state index contributed by atoms with van der Waals surface area (Å²) < 4.78 is 10.4. The molecule has 1 aromatic rings. The molecule has 0 aliphatic carbocycles. The number of nitrogens with two attached hydrogens (primary N) is 1. The van der Waals surface area contributed by atoms with Crippen LogP contribution in [0.4, 0.5) is 10.5 Å². The second kappa shape index (κ2) is 4.18. The Morgan fingerprint density at radius 1 is 1.53 bits per heavy atom. The van der Waals surface area contributed by atoms with Crippen molar-refractivity contribution in [2.75, 3.05) is 18.5 Å². The highest BCUT2D eigenvalue weighted by Crippen LogP contribution is 2.17. The van der Waals surface area contributed by atoms with E-state index >= 15 is 0 Å². The fraction of sp³-hybridized carbons (Fsp3) is 0.300. The van der Waals surface area contributed by atoms with E-state index in [2.05, 4.69) is 5.32 Å². The predicted octanol–water partition coefficient (Wildman–Crippen LogP) is 0.955. The minimum absolute atomic E-state index is 0.244. The van der Waals surface area contributed by atoms with Crippen molar-refractivity contribution in [3.63, 3.8) is 0 Å². The minimum atomic E-state index is -0.574. The second-order valence-corrected chi connectivity index (χ2v) is 3.28. The van der Waals surface area contributed by atoms with Crippen LogP contribution in [0.1, 0.15) is 0 Å². The number of rotatable bonds is 4. The van der Waals surface area contributed by atoms with E-state index in [0.29, 0.717) is 12.3 Å². The summed E-state index contributed by atoms with van der Waals surface area (Å²) >= 11 is 0. The average Bonchev–Trinajstić information content (AvgIpc) is 2.99. The van der Waals surface area contributed by atoms with E-state index in [1.54, 1.807) is 24.3 Å². The predicted molar refractivity (Wildman–Crippen MR) is 54.9 cm³/mol. The quantitative estimate of drug-likeness (QED) is 0.723. The summed E-state index contributed by atoms with van der Waals surface area (Å²) in [6.07, 6.45) is 0.244. The summed E-state index contributed by atoms with van der Waals surface area (Å²) in [6, 6.07) is 6.43. The van der Waals surface area contributed by atoms with Crippen molar-refractivity contribution >= 4 is 11.7 Å². The third kappa shape index (κ3) is 3.14. The molecule has 1 aliphatic heterocycles. The van der Waals surface area contributed by atoms with Gasteiger partial charge in [0.15, 0.2) is 0 Å². The van der Waals surface area contributed by atoms with Crippen LogP contribution in [0.5, 0.6) is 5.75 Å². The summed E-state index contributed by atoms with van der Waals surface area (Å²) in [7, 11) is 0. The number of hydrogen-bond acceptors (Lipinski definition) is 3. The summed E-state index contributed by atoms with van der Waals surface area (Å²) in [5.41, 5.74) is 5.62. The molecule has 1 heterocycles. The number of carbonyl (C=O) groups is 1. The number of carbonyl (C=O) groups excluding carboxylic acids is 1. The number of ether oxygens (including phenoxy) is 2. The molecule has 0 saturated carbocycles. The molecule has 0 radical (unpaired) electrons. The first-order valence-electron chi connectivity index (χ1n) is 4.65. The topological polar surface area (TPSA) is 76.9 Å². The van der Waals surface area contributed by atoms with Gasteiger partial charge in [0.2, 0.25) is 0 Å². The van der Waals surface area contributed by atoms with E-state index in [1.165, 1.54) is 0 Å². The lowest BCUT2D eigenvalue weighted by molar-refractivity contribution is 0.259. The van der Waals surface area contributed by atoms with Gasteiger partial charge in [-0.05, 0) is 24.3 Å². The second-order valence-electron chi connectivity index (χ2n) is 3.28. The van der Waals surface area contributed by atoms with Gasteiger partial charge in [0.25, 0.3) is 0 Å². The lowest BCUT2D eigenvalue weighted by Crippen LogP contribution is -2.19. The zero-order valence-electron chi connectivity index (χ0n) is 8.10. The molecule has 0 bridgehead atoms. The van der Waals surface area contributed by atoms with Gasteiger partial charge in [-0.2, -0.15) is 0 Å². The van der Waals surface area contributed by atoms with Crippen molar-refractivity contribution in [3.8, 4) is 5.75 Å². The Morgan fingerprint density at radius 2 is 2.20 bits per heavy atom. The van der Waals surface area contributed by atoms with E-state index in [4.69, 9.17) is 15.2 Å². The average molecular weight is 208 g/mol. The first kappa shape index (κ1) is 9.79. The van der Waals surface area contributed by atoms with Crippen LogP contribution < -0.4 is 15.8 Å². The van der Waals surface area contributed by atoms with Crippen LogP contribution in [0.3, 0.4) is 0 Å². The molecular weight excluding hydrogens is 196 g/mol. The normalized spacial score (nSPS) is 18.3. The van der Waals surface area contributed by atoms with Gasteiger partial charge in [0.05, 0.1) is 6.61 Å². The Kier molecular flexibility index (Phi) is 2.73. The van der Waals surface area contributed by atoms with Crippen LogP contribution in [-0.2, 0) is 4.74 Å². The lowest BCUT2D eigenvalue weighted by atomic mass is 10.3. The molecule has 1 fully saturated rings. The minimum Gasteiger partial charge on any atom is -0.491 e. The van der Waals surface area contributed by atoms with Crippen LogP contribution in [0, 0.1) is 0 Å². The number of urea groups is 1. The number of benzene rings is 1. The number of nitrogens with one attached hydrogen (secondary N) is 1. The molecule has 0 spiro atoms. The SMILES string of the molecule is NC(=O)Nc1ccc(OCC2CO2)cc1. The smallest absolute Gasteiger partial charge is 0.316 e. The molecule has 80 valence electrons. The molecule has 2 rings (SSSR count). The van der Waals surface area contributed by atoms with Gasteiger partial charge in [0, 0.05) is 5.69 Å². The van der Waals surface area contributed by atoms with Crippen LogP contribution in [0.15, 0.2) is 24.3 Å². The fourth-order valence-electron chi connectivity index (χ4n) is 1.13. The van der Waals surface area contributed by atoms with Gasteiger partial charge in [-0.1, -0.05) is 0 Å². The van der Waals surface area contributed by atoms with Crippen LogP contribution in [0.2, 0.25) is 0 Å². The van der Waals surface area contributed by atoms with Crippen molar-refractivity contribution < 1.29 is 14.3 Å². The number of amides is 2. The molecule has 5 nitrogen and oxygen atoms in total. The number of epoxide rings is 1. The molecule has 15 heavy (non-hydrogen) atoms. The largest absolute Gasteiger partial charge is 0.491 e. The maximum atomic E-state index is 10.5. The van der Waals surface area contributed by atoms with Gasteiger partial charge in [-0.15, -0.1) is 0 Å². The number of anilines is 1. The van der Waals surface area contributed by atoms with Gasteiger partial charge in [0.1, 0.15) is 18.5 Å². The molecule has 5 heteroatoms. The number of hydrogen-bond donors (Lipinski definition) is 2.